The molecule has 1 rings (SSSR count). The van der Waals surface area contributed by atoms with E-state index in [0.717, 1.165) is 0 Å². The predicted octanol–water partition coefficient (Wildman–Crippen LogP) is 1.20. The second-order valence-electron chi connectivity index (χ2n) is 2.37. The molecule has 0 aromatic heterocycles. The summed E-state index contributed by atoms with van der Waals surface area (Å²) < 4.78 is 10.6. The number of para-hydroxylation sites is 1. The van der Waals surface area contributed by atoms with E-state index < -0.39 is 0 Å². The molecule has 0 fully saturated rings. The first-order valence-corrected chi connectivity index (χ1v) is 4.53. The Morgan fingerprint density at radius 2 is 2.00 bits per heavy atom. The van der Waals surface area contributed by atoms with Crippen LogP contribution in [0.4, 0.5) is 0 Å². The van der Waals surface area contributed by atoms with Crippen LogP contribution < -0.4 is 9.47 Å². The summed E-state index contributed by atoms with van der Waals surface area (Å²) in [6, 6.07) is 5.42. The van der Waals surface area contributed by atoms with Crippen LogP contribution in [0.3, 0.4) is 0 Å². The molecule has 0 aliphatic rings. The zero-order valence-electron chi connectivity index (χ0n) is 7.46. The van der Waals surface area contributed by atoms with Crippen LogP contribution in [0.15, 0.2) is 18.2 Å². The van der Waals surface area contributed by atoms with Crippen LogP contribution in [-0.2, 0) is 0 Å². The third kappa shape index (κ3) is 2.02. The summed E-state index contributed by atoms with van der Waals surface area (Å²) >= 11 is 2.63. The summed E-state index contributed by atoms with van der Waals surface area (Å²) in [6.45, 7) is 0. The average molecular weight is 243 g/mol. The fourth-order valence-electron chi connectivity index (χ4n) is 1.07. The topological polar surface area (TPSA) is 42.3 Å². The van der Waals surface area contributed by atoms with Crippen LogP contribution in [0.5, 0.6) is 11.5 Å². The van der Waals surface area contributed by atoms with Crippen LogP contribution in [-0.4, -0.2) is 34.8 Å². The van der Waals surface area contributed by atoms with Crippen molar-refractivity contribution >= 4 is 20.6 Å². The van der Waals surface area contributed by atoms with Gasteiger partial charge in [-0.3, -0.25) is 0 Å². The van der Waals surface area contributed by atoms with E-state index >= 15 is 0 Å². The first-order chi connectivity index (χ1) is 6.20. The first-order valence-electron chi connectivity index (χ1n) is 3.67. The molecule has 0 aliphatic carbocycles. The molecule has 1 radical (unpaired) electrons. The molecule has 0 saturated carbocycles. The van der Waals surface area contributed by atoms with Crippen molar-refractivity contribution in [3.05, 3.63) is 23.8 Å². The molecule has 13 heavy (non-hydrogen) atoms. The van der Waals surface area contributed by atoms with Gasteiger partial charge in [0.1, 0.15) is 0 Å². The van der Waals surface area contributed by atoms with Crippen LogP contribution in [0.2, 0.25) is 0 Å². The van der Waals surface area contributed by atoms with Crippen molar-refractivity contribution < 1.29 is 9.47 Å². The van der Waals surface area contributed by atoms with Crippen molar-refractivity contribution in [2.75, 3.05) is 14.2 Å². The van der Waals surface area contributed by atoms with Crippen molar-refractivity contribution in [2.45, 2.75) is 0 Å². The van der Waals surface area contributed by atoms with Gasteiger partial charge in [0.05, 0.1) is 0 Å². The Balaban J connectivity index is 3.27. The molecule has 0 spiro atoms. The Bertz CT molecular complexity index is 325. The molecule has 3 nitrogen and oxygen atoms in total. The van der Waals surface area contributed by atoms with E-state index in [1.807, 2.05) is 6.07 Å². The number of ether oxygens (including phenoxy) is 2. The van der Waals surface area contributed by atoms with Crippen LogP contribution in [0.25, 0.3) is 0 Å². The zero-order chi connectivity index (χ0) is 9.84. The summed E-state index contributed by atoms with van der Waals surface area (Å²) in [7, 11) is 3.13. The van der Waals surface area contributed by atoms with E-state index in [0.29, 0.717) is 21.7 Å². The SMILES string of the molecule is COc1cccc(C(=N)[Se])c1OC. The number of hydrogen-bond donors (Lipinski definition) is 1. The Labute approximate surface area is 85.4 Å². The summed E-state index contributed by atoms with van der Waals surface area (Å²) in [5.41, 5.74) is 0.710. The molecule has 0 amide bonds. The zero-order valence-corrected chi connectivity index (χ0v) is 9.17. The van der Waals surface area contributed by atoms with Crippen LogP contribution in [0, 0.1) is 5.41 Å². The van der Waals surface area contributed by atoms with Gasteiger partial charge in [0.15, 0.2) is 0 Å². The van der Waals surface area contributed by atoms with Gasteiger partial charge in [0.2, 0.25) is 0 Å². The maximum absolute atomic E-state index is 7.46. The van der Waals surface area contributed by atoms with Crippen molar-refractivity contribution in [2.24, 2.45) is 0 Å². The summed E-state index contributed by atoms with van der Waals surface area (Å²) in [6.07, 6.45) is 0. The molecule has 0 aliphatic heterocycles. The minimum atomic E-state index is 0.343. The monoisotopic (exact) mass is 244 g/mol. The molecule has 0 atom stereocenters. The van der Waals surface area contributed by atoms with E-state index in [1.54, 1.807) is 26.4 Å². The standard InChI is InChI=1S/C9H10NO2Se/c1-11-7-5-3-4-6(9(10)13)8(7)12-2/h3-5,10H,1-2H3. The molecule has 1 aromatic carbocycles. The van der Waals surface area contributed by atoms with Gasteiger partial charge in [-0.15, -0.1) is 0 Å². The summed E-state index contributed by atoms with van der Waals surface area (Å²) in [5.74, 6) is 1.23. The normalized spacial score (nSPS) is 9.38. The van der Waals surface area contributed by atoms with Crippen molar-refractivity contribution in [1.29, 1.82) is 5.41 Å². The average Bonchev–Trinajstić information content (AvgIpc) is 2.16. The number of hydrogen-bond acceptors (Lipinski definition) is 3. The maximum atomic E-state index is 7.46. The molecular weight excluding hydrogens is 233 g/mol. The van der Waals surface area contributed by atoms with Gasteiger partial charge in [-0.1, -0.05) is 0 Å². The van der Waals surface area contributed by atoms with Crippen molar-refractivity contribution in [1.82, 2.24) is 0 Å². The second kappa shape index (κ2) is 4.30. The van der Waals surface area contributed by atoms with Gasteiger partial charge in [0.25, 0.3) is 0 Å². The van der Waals surface area contributed by atoms with Gasteiger partial charge >= 0.3 is 85.0 Å². The van der Waals surface area contributed by atoms with Gasteiger partial charge in [-0.2, -0.15) is 0 Å². The third-order valence-electron chi connectivity index (χ3n) is 1.65. The first kappa shape index (κ1) is 10.1. The number of methoxy groups -OCH3 is 2. The molecule has 0 bridgehead atoms. The van der Waals surface area contributed by atoms with E-state index in [9.17, 15) is 0 Å². The molecule has 0 saturated heterocycles. The fraction of sp³-hybridized carbons (Fsp3) is 0.222. The molecule has 4 heteroatoms. The molecule has 0 unspecified atom stereocenters. The van der Waals surface area contributed by atoms with E-state index in [2.05, 4.69) is 16.0 Å². The molecular formula is C9H10NO2Se. The van der Waals surface area contributed by atoms with Gasteiger partial charge in [-0.25, -0.2) is 0 Å². The second-order valence-corrected chi connectivity index (χ2v) is 3.23. The predicted molar refractivity (Wildman–Crippen MR) is 52.1 cm³/mol. The molecule has 1 aromatic rings. The number of benzene rings is 1. The number of rotatable bonds is 3. The molecule has 0 heterocycles. The van der Waals surface area contributed by atoms with Crippen molar-refractivity contribution in [3.63, 3.8) is 0 Å². The summed E-state index contributed by atoms with van der Waals surface area (Å²) in [5, 5.41) is 7.46. The Hall–Kier alpha value is -0.991. The Kier molecular flexibility index (Phi) is 3.34. The Morgan fingerprint density at radius 3 is 2.46 bits per heavy atom. The van der Waals surface area contributed by atoms with Gasteiger partial charge in [-0.05, 0) is 0 Å². The van der Waals surface area contributed by atoms with Gasteiger partial charge in [0, 0.05) is 0 Å². The quantitative estimate of drug-likeness (QED) is 0.640. The van der Waals surface area contributed by atoms with E-state index in [1.165, 1.54) is 0 Å². The van der Waals surface area contributed by atoms with E-state index in [-0.39, 0.29) is 0 Å². The Morgan fingerprint density at radius 1 is 1.31 bits per heavy atom. The fourth-order valence-corrected chi connectivity index (χ4v) is 1.40. The summed E-state index contributed by atoms with van der Waals surface area (Å²) in [4.78, 5) is 0. The number of nitrogens with one attached hydrogen (secondary N) is 1. The van der Waals surface area contributed by atoms with Crippen LogP contribution >= 0.6 is 0 Å². The molecule has 69 valence electrons. The van der Waals surface area contributed by atoms with Crippen LogP contribution in [0.1, 0.15) is 5.56 Å². The van der Waals surface area contributed by atoms with Gasteiger partial charge < -0.3 is 0 Å². The molecule has 1 N–H and O–H groups in total. The third-order valence-corrected chi connectivity index (χ3v) is 2.11. The minimum absolute atomic E-state index is 0.343. The van der Waals surface area contributed by atoms with Crippen molar-refractivity contribution in [3.8, 4) is 11.5 Å². The van der Waals surface area contributed by atoms with E-state index in [4.69, 9.17) is 14.9 Å².